The fourth-order valence-electron chi connectivity index (χ4n) is 3.86. The number of nitrogens with zero attached hydrogens (tertiary/aromatic N) is 2. The highest BCUT2D eigenvalue weighted by Gasteiger charge is 2.11. The molecule has 7 heteroatoms. The largest absolute Gasteiger partial charge is 0.504 e. The quantitative estimate of drug-likeness (QED) is 0.229. The van der Waals surface area contributed by atoms with Crippen molar-refractivity contribution in [3.8, 4) is 23.0 Å². The molecule has 5 rings (SSSR count). The van der Waals surface area contributed by atoms with E-state index in [4.69, 9.17) is 4.74 Å². The molecule has 1 amide bonds. The number of hydrogen-bond acceptors (Lipinski definition) is 6. The molecule has 0 atom stereocenters. The molecule has 5 aromatic rings. The van der Waals surface area contributed by atoms with Gasteiger partial charge in [0.2, 0.25) is 0 Å². The fraction of sp³-hybridized carbons (Fsp3) is 0.133. The minimum Gasteiger partial charge on any atom is -0.504 e. The van der Waals surface area contributed by atoms with Gasteiger partial charge in [-0.2, -0.15) is 0 Å². The number of aromatic hydroxyl groups is 2. The van der Waals surface area contributed by atoms with E-state index in [1.54, 1.807) is 18.3 Å². The van der Waals surface area contributed by atoms with Gasteiger partial charge in [0.1, 0.15) is 11.5 Å². The Kier molecular flexibility index (Phi) is 7.44. The number of rotatable bonds is 5. The lowest BCUT2D eigenvalue weighted by Crippen LogP contribution is -2.14. The van der Waals surface area contributed by atoms with Crippen molar-refractivity contribution in [1.29, 1.82) is 0 Å². The predicted octanol–water partition coefficient (Wildman–Crippen LogP) is 6.94. The molecule has 0 radical (unpaired) electrons. The van der Waals surface area contributed by atoms with Gasteiger partial charge in [0, 0.05) is 48.7 Å². The van der Waals surface area contributed by atoms with Gasteiger partial charge >= 0.3 is 0 Å². The summed E-state index contributed by atoms with van der Waals surface area (Å²) in [5.74, 6) is 0.405. The minimum absolute atomic E-state index is 0.188. The van der Waals surface area contributed by atoms with Crippen LogP contribution in [0.1, 0.15) is 24.2 Å². The van der Waals surface area contributed by atoms with Crippen molar-refractivity contribution in [3.05, 3.63) is 90.6 Å². The average molecular weight is 496 g/mol. The van der Waals surface area contributed by atoms with Crippen molar-refractivity contribution in [3.63, 3.8) is 0 Å². The van der Waals surface area contributed by atoms with E-state index in [1.165, 1.54) is 12.1 Å². The third kappa shape index (κ3) is 5.56. The first-order chi connectivity index (χ1) is 17.9. The van der Waals surface area contributed by atoms with Crippen LogP contribution < -0.4 is 15.0 Å². The number of anilines is 2. The summed E-state index contributed by atoms with van der Waals surface area (Å²) in [6, 6.07) is 23.3. The molecule has 0 aliphatic rings. The van der Waals surface area contributed by atoms with Gasteiger partial charge in [0.15, 0.2) is 11.5 Å². The highest BCUT2D eigenvalue weighted by molar-refractivity contribution is 6.05. The summed E-state index contributed by atoms with van der Waals surface area (Å²) in [5, 5.41) is 25.1. The third-order valence-corrected chi connectivity index (χ3v) is 5.72. The fourth-order valence-corrected chi connectivity index (χ4v) is 3.86. The zero-order chi connectivity index (χ0) is 26.5. The smallest absolute Gasteiger partial charge is 0.255 e. The van der Waals surface area contributed by atoms with E-state index in [2.05, 4.69) is 10.3 Å². The Labute approximate surface area is 215 Å². The number of phenolic OH excluding ortho intramolecular Hbond substituents is 2. The molecular weight excluding hydrogens is 466 g/mol. The second-order valence-corrected chi connectivity index (χ2v) is 8.39. The van der Waals surface area contributed by atoms with Gasteiger partial charge in [0.25, 0.3) is 5.91 Å². The standard InChI is InChI=1S/C28H23N3O4.C2H6/c1-31(2)21-5-3-4-18(13-21)28(34)30-20-8-6-17-7-9-22(14-19(17)12-20)35-27-10-11-29-24-16-26(33)25(32)15-23(24)27;1-2/h3-16,32-33H,1-2H3,(H,30,34);1-2H3. The molecule has 37 heavy (non-hydrogen) atoms. The summed E-state index contributed by atoms with van der Waals surface area (Å²) < 4.78 is 6.10. The summed E-state index contributed by atoms with van der Waals surface area (Å²) in [5.41, 5.74) is 2.70. The molecule has 0 saturated heterocycles. The number of amides is 1. The van der Waals surface area contributed by atoms with E-state index < -0.39 is 0 Å². The number of benzene rings is 4. The molecule has 0 fully saturated rings. The first-order valence-corrected chi connectivity index (χ1v) is 12.0. The number of phenols is 2. The van der Waals surface area contributed by atoms with E-state index in [-0.39, 0.29) is 17.4 Å². The van der Waals surface area contributed by atoms with Gasteiger partial charge in [-0.05, 0) is 65.4 Å². The van der Waals surface area contributed by atoms with Crippen molar-refractivity contribution >= 4 is 39.0 Å². The Balaban J connectivity index is 0.00000156. The number of carbonyl (C=O) groups excluding carboxylic acids is 1. The van der Waals surface area contributed by atoms with Crippen LogP contribution in [0.4, 0.5) is 11.4 Å². The van der Waals surface area contributed by atoms with Gasteiger partial charge in [-0.15, -0.1) is 0 Å². The van der Waals surface area contributed by atoms with Crippen LogP contribution in [0.3, 0.4) is 0 Å². The Bertz CT molecular complexity index is 1580. The summed E-state index contributed by atoms with van der Waals surface area (Å²) in [4.78, 5) is 19.0. The van der Waals surface area contributed by atoms with Crippen LogP contribution in [0.2, 0.25) is 0 Å². The monoisotopic (exact) mass is 495 g/mol. The molecule has 0 aliphatic carbocycles. The highest BCUT2D eigenvalue weighted by Crippen LogP contribution is 2.36. The van der Waals surface area contributed by atoms with Crippen LogP contribution in [0, 0.1) is 0 Å². The lowest BCUT2D eigenvalue weighted by Gasteiger charge is -2.14. The van der Waals surface area contributed by atoms with Crippen LogP contribution in [-0.4, -0.2) is 35.2 Å². The summed E-state index contributed by atoms with van der Waals surface area (Å²) in [6.45, 7) is 4.00. The normalized spacial score (nSPS) is 10.5. The molecule has 7 nitrogen and oxygen atoms in total. The van der Waals surface area contributed by atoms with Gasteiger partial charge in [-0.1, -0.05) is 32.0 Å². The molecule has 3 N–H and O–H groups in total. The molecule has 1 aromatic heterocycles. The second kappa shape index (κ2) is 10.9. The molecular formula is C30H29N3O4. The molecule has 4 aromatic carbocycles. The summed E-state index contributed by atoms with van der Waals surface area (Å²) >= 11 is 0. The number of carbonyl (C=O) groups is 1. The summed E-state index contributed by atoms with van der Waals surface area (Å²) in [6.07, 6.45) is 1.58. The van der Waals surface area contributed by atoms with Crippen molar-refractivity contribution in [1.82, 2.24) is 4.98 Å². The average Bonchev–Trinajstić information content (AvgIpc) is 2.91. The first-order valence-electron chi connectivity index (χ1n) is 12.0. The molecule has 0 spiro atoms. The number of aromatic nitrogens is 1. The van der Waals surface area contributed by atoms with Gasteiger partial charge in [-0.3, -0.25) is 9.78 Å². The molecule has 0 bridgehead atoms. The van der Waals surface area contributed by atoms with Crippen molar-refractivity contribution < 1.29 is 19.7 Å². The van der Waals surface area contributed by atoms with Gasteiger partial charge < -0.3 is 25.2 Å². The minimum atomic E-state index is -0.245. The number of pyridine rings is 1. The number of nitrogens with one attached hydrogen (secondary N) is 1. The molecule has 0 unspecified atom stereocenters. The van der Waals surface area contributed by atoms with Crippen LogP contribution in [-0.2, 0) is 0 Å². The predicted molar refractivity (Wildman–Crippen MR) is 149 cm³/mol. The lowest BCUT2D eigenvalue weighted by atomic mass is 10.1. The van der Waals surface area contributed by atoms with Gasteiger partial charge in [-0.25, -0.2) is 0 Å². The molecule has 0 aliphatic heterocycles. The number of hydrogen-bond donors (Lipinski definition) is 3. The maximum absolute atomic E-state index is 12.8. The van der Waals surface area contributed by atoms with Crippen LogP contribution in [0.15, 0.2) is 85.1 Å². The van der Waals surface area contributed by atoms with E-state index in [0.717, 1.165) is 16.5 Å². The first kappa shape index (κ1) is 25.3. The Morgan fingerprint density at radius 1 is 0.865 bits per heavy atom. The Hall–Kier alpha value is -4.78. The maximum atomic E-state index is 12.8. The van der Waals surface area contributed by atoms with Crippen molar-refractivity contribution in [2.45, 2.75) is 13.8 Å². The van der Waals surface area contributed by atoms with Crippen LogP contribution in [0.25, 0.3) is 21.7 Å². The molecule has 0 saturated carbocycles. The number of fused-ring (bicyclic) bond motifs is 2. The molecule has 188 valence electrons. The lowest BCUT2D eigenvalue weighted by molar-refractivity contribution is 0.102. The highest BCUT2D eigenvalue weighted by atomic mass is 16.5. The third-order valence-electron chi connectivity index (χ3n) is 5.72. The van der Waals surface area contributed by atoms with Gasteiger partial charge in [0.05, 0.1) is 5.52 Å². The van der Waals surface area contributed by atoms with Crippen LogP contribution >= 0.6 is 0 Å². The van der Waals surface area contributed by atoms with E-state index in [9.17, 15) is 15.0 Å². The maximum Gasteiger partial charge on any atom is 0.255 e. The zero-order valence-electron chi connectivity index (χ0n) is 21.2. The Morgan fingerprint density at radius 3 is 2.41 bits per heavy atom. The Morgan fingerprint density at radius 2 is 1.62 bits per heavy atom. The van der Waals surface area contributed by atoms with E-state index in [0.29, 0.717) is 33.7 Å². The van der Waals surface area contributed by atoms with E-state index >= 15 is 0 Å². The zero-order valence-corrected chi connectivity index (χ0v) is 21.2. The SMILES string of the molecule is CC.CN(C)c1cccc(C(=O)Nc2ccc3ccc(Oc4ccnc5cc(O)c(O)cc45)cc3c2)c1. The van der Waals surface area contributed by atoms with Crippen LogP contribution in [0.5, 0.6) is 23.0 Å². The van der Waals surface area contributed by atoms with E-state index in [1.807, 2.05) is 87.4 Å². The van der Waals surface area contributed by atoms with Crippen molar-refractivity contribution in [2.75, 3.05) is 24.3 Å². The van der Waals surface area contributed by atoms with Crippen molar-refractivity contribution in [2.24, 2.45) is 0 Å². The topological polar surface area (TPSA) is 94.9 Å². The summed E-state index contributed by atoms with van der Waals surface area (Å²) in [7, 11) is 3.86. The number of ether oxygens (including phenoxy) is 1. The molecule has 1 heterocycles. The second-order valence-electron chi connectivity index (χ2n) is 8.39.